The smallest absolute Gasteiger partial charge is 0.123 e. The molecule has 3 aromatic rings. The second-order valence-electron chi connectivity index (χ2n) is 5.22. The summed E-state index contributed by atoms with van der Waals surface area (Å²) in [5.74, 6) is -0.0455. The molecule has 0 bridgehead atoms. The van der Waals surface area contributed by atoms with Crippen LogP contribution < -0.4 is 5.73 Å². The van der Waals surface area contributed by atoms with Gasteiger partial charge in [-0.2, -0.15) is 0 Å². The first-order valence-corrected chi connectivity index (χ1v) is 7.24. The number of rotatable bonds is 4. The SMILES string of the molecule is NC(CC(O)c1ccnc2ccccc12)=Nc1ccc(F)cc1. The first-order chi connectivity index (χ1) is 11.1. The third kappa shape index (κ3) is 3.52. The summed E-state index contributed by atoms with van der Waals surface area (Å²) in [5.41, 5.74) is 8.03. The molecule has 23 heavy (non-hydrogen) atoms. The van der Waals surface area contributed by atoms with Crippen LogP contribution >= 0.6 is 0 Å². The van der Waals surface area contributed by atoms with Crippen molar-refractivity contribution < 1.29 is 9.50 Å². The molecule has 2 aromatic carbocycles. The van der Waals surface area contributed by atoms with Gasteiger partial charge in [0.25, 0.3) is 0 Å². The van der Waals surface area contributed by atoms with Crippen molar-refractivity contribution in [1.29, 1.82) is 0 Å². The van der Waals surface area contributed by atoms with E-state index in [1.165, 1.54) is 24.3 Å². The number of amidine groups is 1. The molecule has 0 saturated heterocycles. The van der Waals surface area contributed by atoms with Gasteiger partial charge in [0, 0.05) is 18.0 Å². The van der Waals surface area contributed by atoms with Crippen molar-refractivity contribution in [1.82, 2.24) is 4.98 Å². The molecular weight excluding hydrogens is 293 g/mol. The summed E-state index contributed by atoms with van der Waals surface area (Å²) in [7, 11) is 0. The van der Waals surface area contributed by atoms with Crippen LogP contribution in [0.15, 0.2) is 65.8 Å². The van der Waals surface area contributed by atoms with Gasteiger partial charge in [0.2, 0.25) is 0 Å². The number of aliphatic hydroxyl groups excluding tert-OH is 1. The Kier molecular flexibility index (Phi) is 4.30. The van der Waals surface area contributed by atoms with Gasteiger partial charge in [0.05, 0.1) is 17.3 Å². The molecule has 5 heteroatoms. The van der Waals surface area contributed by atoms with Gasteiger partial charge in [-0.15, -0.1) is 0 Å². The summed E-state index contributed by atoms with van der Waals surface area (Å²) in [5, 5.41) is 11.3. The number of hydrogen-bond acceptors (Lipinski definition) is 3. The van der Waals surface area contributed by atoms with Crippen LogP contribution in [0.5, 0.6) is 0 Å². The maximum atomic E-state index is 12.9. The summed E-state index contributed by atoms with van der Waals surface area (Å²) in [4.78, 5) is 8.47. The lowest BCUT2D eigenvalue weighted by molar-refractivity contribution is 0.187. The number of fused-ring (bicyclic) bond motifs is 1. The van der Waals surface area contributed by atoms with Crippen molar-refractivity contribution in [3.63, 3.8) is 0 Å². The summed E-state index contributed by atoms with van der Waals surface area (Å²) in [6.07, 6.45) is 1.06. The summed E-state index contributed by atoms with van der Waals surface area (Å²) >= 11 is 0. The molecule has 0 radical (unpaired) electrons. The number of para-hydroxylation sites is 1. The molecule has 0 amide bonds. The number of benzene rings is 2. The predicted molar refractivity (Wildman–Crippen MR) is 89.0 cm³/mol. The maximum absolute atomic E-state index is 12.9. The molecule has 1 aromatic heterocycles. The minimum Gasteiger partial charge on any atom is -0.388 e. The van der Waals surface area contributed by atoms with Crippen molar-refractivity contribution in [2.75, 3.05) is 0 Å². The number of hydrogen-bond donors (Lipinski definition) is 2. The van der Waals surface area contributed by atoms with Crippen LogP contribution in [0.2, 0.25) is 0 Å². The highest BCUT2D eigenvalue weighted by atomic mass is 19.1. The number of nitrogens with two attached hydrogens (primary N) is 1. The Balaban J connectivity index is 1.82. The largest absolute Gasteiger partial charge is 0.388 e. The topological polar surface area (TPSA) is 71.5 Å². The molecule has 1 heterocycles. The van der Waals surface area contributed by atoms with Crippen molar-refractivity contribution >= 4 is 22.4 Å². The molecule has 0 aliphatic carbocycles. The minimum atomic E-state index is -0.785. The highest BCUT2D eigenvalue weighted by Gasteiger charge is 2.13. The fraction of sp³-hybridized carbons (Fsp3) is 0.111. The number of halogens is 1. The van der Waals surface area contributed by atoms with E-state index in [0.717, 1.165) is 16.5 Å². The number of aliphatic imine (C=N–C) groups is 1. The lowest BCUT2D eigenvalue weighted by Gasteiger charge is -2.13. The highest BCUT2D eigenvalue weighted by molar-refractivity contribution is 5.86. The first kappa shape index (κ1) is 15.1. The standard InChI is InChI=1S/C18H16FN3O/c19-12-5-7-13(8-6-12)22-18(20)11-17(23)15-9-10-21-16-4-2-1-3-14(15)16/h1-10,17,23H,11H2,(H2,20,22). The quantitative estimate of drug-likeness (QED) is 0.572. The third-order valence-corrected chi connectivity index (χ3v) is 3.54. The van der Waals surface area contributed by atoms with Gasteiger partial charge < -0.3 is 10.8 Å². The Morgan fingerprint density at radius 2 is 1.87 bits per heavy atom. The maximum Gasteiger partial charge on any atom is 0.123 e. The number of aliphatic hydroxyl groups is 1. The van der Waals surface area contributed by atoms with Crippen LogP contribution in [0, 0.1) is 5.82 Å². The summed E-state index contributed by atoms with van der Waals surface area (Å²) in [6, 6.07) is 15.1. The van der Waals surface area contributed by atoms with Gasteiger partial charge in [-0.3, -0.25) is 4.98 Å². The van der Waals surface area contributed by atoms with Crippen molar-refractivity contribution in [3.8, 4) is 0 Å². The van der Waals surface area contributed by atoms with E-state index in [4.69, 9.17) is 5.73 Å². The van der Waals surface area contributed by atoms with Crippen LogP contribution in [0.3, 0.4) is 0 Å². The lowest BCUT2D eigenvalue weighted by atomic mass is 10.0. The van der Waals surface area contributed by atoms with Crippen molar-refractivity contribution in [2.45, 2.75) is 12.5 Å². The molecule has 0 fully saturated rings. The number of pyridine rings is 1. The Bertz CT molecular complexity index is 841. The van der Waals surface area contributed by atoms with Gasteiger partial charge in [0.1, 0.15) is 11.7 Å². The van der Waals surface area contributed by atoms with Gasteiger partial charge in [-0.05, 0) is 42.0 Å². The Morgan fingerprint density at radius 3 is 2.65 bits per heavy atom. The minimum absolute atomic E-state index is 0.186. The zero-order valence-corrected chi connectivity index (χ0v) is 12.4. The van der Waals surface area contributed by atoms with Gasteiger partial charge >= 0.3 is 0 Å². The first-order valence-electron chi connectivity index (χ1n) is 7.24. The second kappa shape index (κ2) is 6.54. The van der Waals surface area contributed by atoms with Gasteiger partial charge in [-0.25, -0.2) is 9.38 Å². The molecule has 0 spiro atoms. The molecule has 4 nitrogen and oxygen atoms in total. The molecule has 3 N–H and O–H groups in total. The zero-order valence-electron chi connectivity index (χ0n) is 12.4. The van der Waals surface area contributed by atoms with Gasteiger partial charge in [-0.1, -0.05) is 18.2 Å². The van der Waals surface area contributed by atoms with E-state index in [0.29, 0.717) is 5.69 Å². The van der Waals surface area contributed by atoms with E-state index < -0.39 is 6.10 Å². The van der Waals surface area contributed by atoms with E-state index in [-0.39, 0.29) is 18.1 Å². The number of aromatic nitrogens is 1. The Labute approximate surface area is 133 Å². The molecule has 1 unspecified atom stereocenters. The average molecular weight is 309 g/mol. The van der Waals surface area contributed by atoms with E-state index in [1.54, 1.807) is 12.3 Å². The summed E-state index contributed by atoms with van der Waals surface area (Å²) in [6.45, 7) is 0. The van der Waals surface area contributed by atoms with Crippen LogP contribution in [-0.2, 0) is 0 Å². The van der Waals surface area contributed by atoms with Crippen molar-refractivity contribution in [2.24, 2.45) is 10.7 Å². The normalized spacial score (nSPS) is 13.2. The molecule has 3 rings (SSSR count). The van der Waals surface area contributed by atoms with Crippen LogP contribution in [-0.4, -0.2) is 15.9 Å². The molecular formula is C18H16FN3O. The molecule has 116 valence electrons. The molecule has 1 atom stereocenters. The van der Waals surface area contributed by atoms with Crippen LogP contribution in [0.1, 0.15) is 18.1 Å². The fourth-order valence-corrected chi connectivity index (χ4v) is 2.44. The monoisotopic (exact) mass is 309 g/mol. The summed E-state index contributed by atoms with van der Waals surface area (Å²) < 4.78 is 12.9. The lowest BCUT2D eigenvalue weighted by Crippen LogP contribution is -2.16. The van der Waals surface area contributed by atoms with Crippen LogP contribution in [0.4, 0.5) is 10.1 Å². The highest BCUT2D eigenvalue weighted by Crippen LogP contribution is 2.25. The second-order valence-corrected chi connectivity index (χ2v) is 5.22. The fourth-order valence-electron chi connectivity index (χ4n) is 2.44. The Morgan fingerprint density at radius 1 is 1.13 bits per heavy atom. The van der Waals surface area contributed by atoms with Crippen LogP contribution in [0.25, 0.3) is 10.9 Å². The average Bonchev–Trinajstić information content (AvgIpc) is 2.56. The number of nitrogens with zero attached hydrogens (tertiary/aromatic N) is 2. The van der Waals surface area contributed by atoms with E-state index in [2.05, 4.69) is 9.98 Å². The van der Waals surface area contributed by atoms with Gasteiger partial charge in [0.15, 0.2) is 0 Å². The van der Waals surface area contributed by atoms with Crippen molar-refractivity contribution in [3.05, 3.63) is 72.2 Å². The predicted octanol–water partition coefficient (Wildman–Crippen LogP) is 3.49. The molecule has 0 saturated carbocycles. The molecule has 0 aliphatic heterocycles. The van der Waals surface area contributed by atoms with E-state index in [9.17, 15) is 9.50 Å². The van der Waals surface area contributed by atoms with E-state index >= 15 is 0 Å². The zero-order chi connectivity index (χ0) is 16.2. The van der Waals surface area contributed by atoms with E-state index in [1.807, 2.05) is 24.3 Å². The Hall–Kier alpha value is -2.79. The third-order valence-electron chi connectivity index (χ3n) is 3.54. The molecule has 0 aliphatic rings.